The monoisotopic (exact) mass is 163 g/mol. The van der Waals surface area contributed by atoms with E-state index in [9.17, 15) is 5.11 Å². The standard InChI is InChI=1S/C10H13NO/c11-6-7-5-9(7)8-3-1-2-4-10(8)12/h1-4,7,9,12H,5-6,11H2/t7-,9+/m0/s1. The van der Waals surface area contributed by atoms with Gasteiger partial charge >= 0.3 is 0 Å². The van der Waals surface area contributed by atoms with Gasteiger partial charge in [0.2, 0.25) is 0 Å². The summed E-state index contributed by atoms with van der Waals surface area (Å²) < 4.78 is 0. The summed E-state index contributed by atoms with van der Waals surface area (Å²) in [4.78, 5) is 0. The van der Waals surface area contributed by atoms with Crippen LogP contribution >= 0.6 is 0 Å². The molecule has 1 fully saturated rings. The largest absolute Gasteiger partial charge is 0.508 e. The smallest absolute Gasteiger partial charge is 0.119 e. The summed E-state index contributed by atoms with van der Waals surface area (Å²) in [5, 5.41) is 9.49. The van der Waals surface area contributed by atoms with Crippen molar-refractivity contribution in [3.8, 4) is 5.75 Å². The molecular weight excluding hydrogens is 150 g/mol. The Balaban J connectivity index is 2.19. The zero-order valence-electron chi connectivity index (χ0n) is 6.90. The first-order valence-corrected chi connectivity index (χ1v) is 4.31. The zero-order valence-corrected chi connectivity index (χ0v) is 6.90. The fourth-order valence-corrected chi connectivity index (χ4v) is 1.69. The molecule has 0 bridgehead atoms. The van der Waals surface area contributed by atoms with Gasteiger partial charge in [-0.05, 0) is 36.4 Å². The average molecular weight is 163 g/mol. The second kappa shape index (κ2) is 2.79. The van der Waals surface area contributed by atoms with Crippen molar-refractivity contribution >= 4 is 0 Å². The lowest BCUT2D eigenvalue weighted by atomic mass is 10.1. The van der Waals surface area contributed by atoms with Crippen molar-refractivity contribution in [1.82, 2.24) is 0 Å². The molecule has 0 amide bonds. The molecule has 0 radical (unpaired) electrons. The Morgan fingerprint density at radius 3 is 2.75 bits per heavy atom. The van der Waals surface area contributed by atoms with E-state index in [0.29, 0.717) is 17.6 Å². The summed E-state index contributed by atoms with van der Waals surface area (Å²) in [5.74, 6) is 1.52. The highest BCUT2D eigenvalue weighted by Crippen LogP contribution is 2.49. The number of hydrogen-bond donors (Lipinski definition) is 2. The van der Waals surface area contributed by atoms with Crippen LogP contribution in [-0.2, 0) is 0 Å². The quantitative estimate of drug-likeness (QED) is 0.693. The van der Waals surface area contributed by atoms with Gasteiger partial charge < -0.3 is 10.8 Å². The minimum atomic E-state index is 0.415. The third kappa shape index (κ3) is 1.18. The first-order chi connectivity index (χ1) is 5.83. The number of rotatable bonds is 2. The summed E-state index contributed by atoms with van der Waals surface area (Å²) in [6, 6.07) is 7.52. The van der Waals surface area contributed by atoms with E-state index in [1.807, 2.05) is 18.2 Å². The van der Waals surface area contributed by atoms with Crippen LogP contribution in [0.3, 0.4) is 0 Å². The van der Waals surface area contributed by atoms with Crippen LogP contribution in [0.15, 0.2) is 24.3 Å². The van der Waals surface area contributed by atoms with E-state index in [4.69, 9.17) is 5.73 Å². The third-order valence-corrected chi connectivity index (χ3v) is 2.56. The molecular formula is C10H13NO. The summed E-state index contributed by atoms with van der Waals surface area (Å²) in [5.41, 5.74) is 6.59. The van der Waals surface area contributed by atoms with Gasteiger partial charge in [-0.1, -0.05) is 18.2 Å². The van der Waals surface area contributed by atoms with Gasteiger partial charge in [-0.3, -0.25) is 0 Å². The average Bonchev–Trinajstić information content (AvgIpc) is 2.84. The number of phenols is 1. The molecule has 1 aromatic carbocycles. The van der Waals surface area contributed by atoms with Crippen molar-refractivity contribution in [3.63, 3.8) is 0 Å². The van der Waals surface area contributed by atoms with Gasteiger partial charge in [-0.25, -0.2) is 0 Å². The second-order valence-corrected chi connectivity index (χ2v) is 3.40. The first kappa shape index (κ1) is 7.62. The number of phenolic OH excluding ortho intramolecular Hbond substituents is 1. The highest BCUT2D eigenvalue weighted by atomic mass is 16.3. The van der Waals surface area contributed by atoms with E-state index in [0.717, 1.165) is 18.5 Å². The normalized spacial score (nSPS) is 27.1. The fraction of sp³-hybridized carbons (Fsp3) is 0.400. The summed E-state index contributed by atoms with van der Waals surface area (Å²) in [6.45, 7) is 0.735. The fourth-order valence-electron chi connectivity index (χ4n) is 1.69. The molecule has 0 aromatic heterocycles. The van der Waals surface area contributed by atoms with Crippen molar-refractivity contribution in [2.45, 2.75) is 12.3 Å². The molecule has 1 aliphatic carbocycles. The second-order valence-electron chi connectivity index (χ2n) is 3.40. The van der Waals surface area contributed by atoms with Crippen molar-refractivity contribution in [2.24, 2.45) is 11.7 Å². The van der Waals surface area contributed by atoms with Crippen LogP contribution in [-0.4, -0.2) is 11.7 Å². The molecule has 64 valence electrons. The van der Waals surface area contributed by atoms with Gasteiger partial charge in [0.25, 0.3) is 0 Å². The van der Waals surface area contributed by atoms with Crippen LogP contribution in [0.1, 0.15) is 17.9 Å². The SMILES string of the molecule is NC[C@@H]1C[C@H]1c1ccccc1O. The molecule has 0 aliphatic heterocycles. The summed E-state index contributed by atoms with van der Waals surface area (Å²) >= 11 is 0. The molecule has 2 nitrogen and oxygen atoms in total. The van der Waals surface area contributed by atoms with E-state index < -0.39 is 0 Å². The first-order valence-electron chi connectivity index (χ1n) is 4.31. The Morgan fingerprint density at radius 1 is 1.42 bits per heavy atom. The number of hydrogen-bond acceptors (Lipinski definition) is 2. The lowest BCUT2D eigenvalue weighted by Gasteiger charge is -2.01. The lowest BCUT2D eigenvalue weighted by Crippen LogP contribution is -2.01. The minimum Gasteiger partial charge on any atom is -0.508 e. The van der Waals surface area contributed by atoms with Crippen molar-refractivity contribution in [1.29, 1.82) is 0 Å². The van der Waals surface area contributed by atoms with Gasteiger partial charge in [-0.2, -0.15) is 0 Å². The zero-order chi connectivity index (χ0) is 8.55. The maximum atomic E-state index is 9.49. The molecule has 2 atom stereocenters. The van der Waals surface area contributed by atoms with Crippen molar-refractivity contribution in [2.75, 3.05) is 6.54 Å². The highest BCUT2D eigenvalue weighted by Gasteiger charge is 2.38. The molecule has 2 rings (SSSR count). The Morgan fingerprint density at radius 2 is 2.17 bits per heavy atom. The van der Waals surface area contributed by atoms with Crippen molar-refractivity contribution < 1.29 is 5.11 Å². The molecule has 0 spiro atoms. The number of benzene rings is 1. The highest BCUT2D eigenvalue weighted by molar-refractivity contribution is 5.38. The van der Waals surface area contributed by atoms with E-state index in [1.165, 1.54) is 0 Å². The third-order valence-electron chi connectivity index (χ3n) is 2.56. The Kier molecular flexibility index (Phi) is 1.77. The molecule has 1 aromatic rings. The summed E-state index contributed by atoms with van der Waals surface area (Å²) in [6.07, 6.45) is 1.13. The van der Waals surface area contributed by atoms with Crippen LogP contribution < -0.4 is 5.73 Å². The predicted octanol–water partition coefficient (Wildman–Crippen LogP) is 1.45. The van der Waals surface area contributed by atoms with Crippen LogP contribution in [0.4, 0.5) is 0 Å². The molecule has 0 saturated heterocycles. The van der Waals surface area contributed by atoms with E-state index >= 15 is 0 Å². The number of para-hydroxylation sites is 1. The molecule has 3 N–H and O–H groups in total. The van der Waals surface area contributed by atoms with Crippen LogP contribution in [0, 0.1) is 5.92 Å². The van der Waals surface area contributed by atoms with Gasteiger partial charge in [0.05, 0.1) is 0 Å². The summed E-state index contributed by atoms with van der Waals surface area (Å²) in [7, 11) is 0. The van der Waals surface area contributed by atoms with Crippen LogP contribution in [0.2, 0.25) is 0 Å². The molecule has 1 saturated carbocycles. The maximum Gasteiger partial charge on any atom is 0.119 e. The van der Waals surface area contributed by atoms with Crippen LogP contribution in [0.5, 0.6) is 5.75 Å². The van der Waals surface area contributed by atoms with Gasteiger partial charge in [0.15, 0.2) is 0 Å². The Hall–Kier alpha value is -1.02. The number of nitrogens with two attached hydrogens (primary N) is 1. The minimum absolute atomic E-state index is 0.415. The van der Waals surface area contributed by atoms with Crippen molar-refractivity contribution in [3.05, 3.63) is 29.8 Å². The van der Waals surface area contributed by atoms with Gasteiger partial charge in [-0.15, -0.1) is 0 Å². The van der Waals surface area contributed by atoms with Gasteiger partial charge in [0, 0.05) is 0 Å². The lowest BCUT2D eigenvalue weighted by molar-refractivity contribution is 0.467. The Bertz CT molecular complexity index is 285. The predicted molar refractivity (Wildman–Crippen MR) is 48.0 cm³/mol. The van der Waals surface area contributed by atoms with Crippen LogP contribution in [0.25, 0.3) is 0 Å². The molecule has 0 unspecified atom stereocenters. The van der Waals surface area contributed by atoms with E-state index in [-0.39, 0.29) is 0 Å². The maximum absolute atomic E-state index is 9.49. The topological polar surface area (TPSA) is 46.2 Å². The van der Waals surface area contributed by atoms with E-state index in [2.05, 4.69) is 0 Å². The molecule has 1 aliphatic rings. The number of aromatic hydroxyl groups is 1. The molecule has 2 heteroatoms. The molecule has 0 heterocycles. The van der Waals surface area contributed by atoms with E-state index in [1.54, 1.807) is 6.07 Å². The van der Waals surface area contributed by atoms with Gasteiger partial charge in [0.1, 0.15) is 5.75 Å². The molecule has 12 heavy (non-hydrogen) atoms. The Labute approximate surface area is 72.0 Å².